The topological polar surface area (TPSA) is 78.8 Å². The minimum absolute atomic E-state index is 0.0697. The maximum absolute atomic E-state index is 11.5. The van der Waals surface area contributed by atoms with E-state index in [1.807, 2.05) is 6.07 Å². The van der Waals surface area contributed by atoms with Crippen molar-refractivity contribution in [1.29, 1.82) is 0 Å². The predicted molar refractivity (Wildman–Crippen MR) is 160 cm³/mol. The van der Waals surface area contributed by atoms with Crippen molar-refractivity contribution in [2.45, 2.75) is 103 Å². The van der Waals surface area contributed by atoms with Crippen LogP contribution in [0.3, 0.4) is 0 Å². The van der Waals surface area contributed by atoms with E-state index in [2.05, 4.69) is 63.4 Å². The van der Waals surface area contributed by atoms with Crippen LogP contribution in [0.25, 0.3) is 0 Å². The van der Waals surface area contributed by atoms with E-state index in [9.17, 15) is 9.90 Å². The Kier molecular flexibility index (Phi) is 12.6. The monoisotopic (exact) mass is 581 g/mol. The summed E-state index contributed by atoms with van der Waals surface area (Å²) in [5.41, 5.74) is 2.27. The fraction of sp³-hybridized carbons (Fsp3) is 0.719. The van der Waals surface area contributed by atoms with Gasteiger partial charge in [0.05, 0.1) is 18.1 Å². The number of hydrogen-bond donors (Lipinski definition) is 3. The van der Waals surface area contributed by atoms with Crippen LogP contribution in [0.4, 0.5) is 0 Å². The zero-order valence-electron chi connectivity index (χ0n) is 24.1. The van der Waals surface area contributed by atoms with E-state index in [1.54, 1.807) is 0 Å². The zero-order valence-corrected chi connectivity index (χ0v) is 25.6. The van der Waals surface area contributed by atoms with Crippen molar-refractivity contribution in [3.8, 4) is 0 Å². The van der Waals surface area contributed by atoms with Gasteiger partial charge in [-0.2, -0.15) is 0 Å². The van der Waals surface area contributed by atoms with Gasteiger partial charge in [-0.25, -0.2) is 0 Å². The summed E-state index contributed by atoms with van der Waals surface area (Å²) in [5, 5.41) is 23.9. The van der Waals surface area contributed by atoms with Gasteiger partial charge in [-0.1, -0.05) is 76.1 Å². The Balaban J connectivity index is 1.59. The molecule has 2 aliphatic rings. The molecule has 0 aliphatic heterocycles. The molecule has 0 saturated heterocycles. The van der Waals surface area contributed by atoms with Crippen LogP contribution in [-0.2, 0) is 16.0 Å². The SMILES string of the molecule is CCCC(C/C(=C\C1CC1CC(=O)O)C(Cl)CCl)NC(O)C1C(C)CC(OCCc2ccccc2)CC1(C)C. The van der Waals surface area contributed by atoms with Gasteiger partial charge >= 0.3 is 5.97 Å². The number of allylic oxidation sites excluding steroid dienone is 1. The van der Waals surface area contributed by atoms with E-state index in [-0.39, 0.29) is 47.1 Å². The van der Waals surface area contributed by atoms with Crippen molar-refractivity contribution >= 4 is 29.2 Å². The number of halogens is 2. The van der Waals surface area contributed by atoms with Crippen molar-refractivity contribution in [2.75, 3.05) is 12.5 Å². The van der Waals surface area contributed by atoms with Crippen molar-refractivity contribution in [3.63, 3.8) is 0 Å². The molecule has 0 bridgehead atoms. The fourth-order valence-electron chi connectivity index (χ4n) is 6.82. The van der Waals surface area contributed by atoms with Gasteiger partial charge in [0.15, 0.2) is 0 Å². The van der Waals surface area contributed by atoms with Gasteiger partial charge in [0.2, 0.25) is 0 Å². The van der Waals surface area contributed by atoms with Crippen LogP contribution in [0.1, 0.15) is 78.2 Å². The van der Waals surface area contributed by atoms with Gasteiger partial charge in [0.25, 0.3) is 0 Å². The van der Waals surface area contributed by atoms with Crippen LogP contribution in [0.2, 0.25) is 0 Å². The second-order valence-corrected chi connectivity index (χ2v) is 13.4. The summed E-state index contributed by atoms with van der Waals surface area (Å²) in [7, 11) is 0. The molecule has 0 radical (unpaired) electrons. The summed E-state index contributed by atoms with van der Waals surface area (Å²) in [5.74, 6) is 0.404. The summed E-state index contributed by atoms with van der Waals surface area (Å²) >= 11 is 12.8. The third kappa shape index (κ3) is 10.0. The van der Waals surface area contributed by atoms with Crippen molar-refractivity contribution in [3.05, 3.63) is 47.5 Å². The summed E-state index contributed by atoms with van der Waals surface area (Å²) in [6.07, 6.45) is 8.18. The summed E-state index contributed by atoms with van der Waals surface area (Å²) < 4.78 is 6.33. The molecule has 220 valence electrons. The van der Waals surface area contributed by atoms with E-state index in [4.69, 9.17) is 33.0 Å². The highest BCUT2D eigenvalue weighted by Gasteiger charge is 2.45. The smallest absolute Gasteiger partial charge is 0.303 e. The highest BCUT2D eigenvalue weighted by atomic mass is 35.5. The van der Waals surface area contributed by atoms with E-state index >= 15 is 0 Å². The number of carboxylic acid groups (broad SMARTS) is 1. The molecule has 8 unspecified atom stereocenters. The largest absolute Gasteiger partial charge is 0.481 e. The second kappa shape index (κ2) is 15.2. The lowest BCUT2D eigenvalue weighted by Crippen LogP contribution is -2.53. The maximum atomic E-state index is 11.5. The Labute approximate surface area is 245 Å². The fourth-order valence-corrected chi connectivity index (χ4v) is 7.18. The van der Waals surface area contributed by atoms with Gasteiger partial charge in [0, 0.05) is 24.3 Å². The molecule has 2 fully saturated rings. The Morgan fingerprint density at radius 2 is 1.97 bits per heavy atom. The number of aliphatic hydroxyl groups is 1. The zero-order chi connectivity index (χ0) is 28.6. The lowest BCUT2D eigenvalue weighted by atomic mass is 9.62. The Morgan fingerprint density at radius 3 is 2.59 bits per heavy atom. The Morgan fingerprint density at radius 1 is 1.26 bits per heavy atom. The van der Waals surface area contributed by atoms with Gasteiger partial charge in [-0.3, -0.25) is 10.1 Å². The number of hydrogen-bond acceptors (Lipinski definition) is 4. The molecule has 2 aliphatic carbocycles. The van der Waals surface area contributed by atoms with Crippen molar-refractivity contribution < 1.29 is 19.7 Å². The standard InChI is InChI=1S/C32H49Cl2NO4/c1-5-9-26(17-25(28(34)20-33)16-23-15-24(23)18-29(36)37)35-31(38)30-21(2)14-27(19-32(30,3)4)39-13-12-22-10-7-6-8-11-22/h6-8,10-11,16,21,23-24,26-28,30-31,35,38H,5,9,12-15,17-20H2,1-4H3,(H,36,37)/b25-16+. The molecule has 3 rings (SSSR count). The lowest BCUT2D eigenvalue weighted by Gasteiger charge is -2.48. The van der Waals surface area contributed by atoms with Gasteiger partial charge < -0.3 is 14.9 Å². The van der Waals surface area contributed by atoms with Crippen LogP contribution in [0, 0.1) is 29.1 Å². The molecule has 39 heavy (non-hydrogen) atoms. The first-order valence-electron chi connectivity index (χ1n) is 14.8. The first kappa shape index (κ1) is 32.4. The average molecular weight is 583 g/mol. The summed E-state index contributed by atoms with van der Waals surface area (Å²) in [6, 6.07) is 10.5. The summed E-state index contributed by atoms with van der Waals surface area (Å²) in [4.78, 5) is 11.1. The van der Waals surface area contributed by atoms with Crippen LogP contribution in [0.15, 0.2) is 42.0 Å². The Hall–Kier alpha value is -1.11. The molecule has 1 aromatic carbocycles. The van der Waals surface area contributed by atoms with E-state index in [1.165, 1.54) is 5.56 Å². The number of alkyl halides is 2. The maximum Gasteiger partial charge on any atom is 0.303 e. The van der Waals surface area contributed by atoms with E-state index in [0.29, 0.717) is 24.8 Å². The molecule has 0 aromatic heterocycles. The first-order chi connectivity index (χ1) is 18.5. The number of carbonyl (C=O) groups is 1. The number of benzene rings is 1. The quantitative estimate of drug-likeness (QED) is 0.111. The average Bonchev–Trinajstić information content (AvgIpc) is 3.59. The molecule has 1 aromatic rings. The summed E-state index contributed by atoms with van der Waals surface area (Å²) in [6.45, 7) is 9.61. The third-order valence-electron chi connectivity index (χ3n) is 8.74. The molecule has 7 heteroatoms. The van der Waals surface area contributed by atoms with E-state index < -0.39 is 12.2 Å². The normalized spacial score (nSPS) is 29.0. The molecule has 2 saturated carbocycles. The highest BCUT2D eigenvalue weighted by molar-refractivity contribution is 6.29. The van der Waals surface area contributed by atoms with E-state index in [0.717, 1.165) is 44.1 Å². The molecule has 5 nitrogen and oxygen atoms in total. The number of rotatable bonds is 16. The molecule has 0 spiro atoms. The molecule has 0 heterocycles. The van der Waals surface area contributed by atoms with Gasteiger partial charge in [-0.15, -0.1) is 23.2 Å². The van der Waals surface area contributed by atoms with Crippen LogP contribution in [-0.4, -0.2) is 52.4 Å². The molecular weight excluding hydrogens is 533 g/mol. The number of nitrogens with one attached hydrogen (secondary N) is 1. The van der Waals surface area contributed by atoms with Crippen molar-refractivity contribution in [2.24, 2.45) is 29.1 Å². The highest BCUT2D eigenvalue weighted by Crippen LogP contribution is 2.47. The number of aliphatic hydroxyl groups excluding tert-OH is 1. The number of ether oxygens (including phenoxy) is 1. The van der Waals surface area contributed by atoms with Crippen molar-refractivity contribution in [1.82, 2.24) is 5.32 Å². The molecular formula is C32H49Cl2NO4. The second-order valence-electron chi connectivity index (χ2n) is 12.6. The minimum Gasteiger partial charge on any atom is -0.481 e. The Bertz CT molecular complexity index is 924. The molecule has 0 amide bonds. The van der Waals surface area contributed by atoms with Crippen LogP contribution < -0.4 is 5.32 Å². The third-order valence-corrected chi connectivity index (χ3v) is 9.64. The minimum atomic E-state index is -0.751. The predicted octanol–water partition coefficient (Wildman–Crippen LogP) is 7.04. The van der Waals surface area contributed by atoms with Crippen LogP contribution >= 0.6 is 23.2 Å². The van der Waals surface area contributed by atoms with Gasteiger partial charge in [0.1, 0.15) is 6.23 Å². The molecule has 3 N–H and O–H groups in total. The number of carboxylic acids is 1. The molecule has 8 atom stereocenters. The van der Waals surface area contributed by atoms with Gasteiger partial charge in [-0.05, 0) is 67.3 Å². The first-order valence-corrected chi connectivity index (χ1v) is 15.7. The lowest BCUT2D eigenvalue weighted by molar-refractivity contribution is -0.137. The number of aliphatic carboxylic acids is 1. The van der Waals surface area contributed by atoms with Crippen LogP contribution in [0.5, 0.6) is 0 Å².